The Labute approximate surface area is 151 Å². The Morgan fingerprint density at radius 3 is 3.00 bits per heavy atom. The zero-order chi connectivity index (χ0) is 18.1. The van der Waals surface area contributed by atoms with Crippen molar-refractivity contribution in [2.75, 3.05) is 19.8 Å². The van der Waals surface area contributed by atoms with Crippen molar-refractivity contribution in [2.24, 2.45) is 5.41 Å². The van der Waals surface area contributed by atoms with Crippen molar-refractivity contribution < 1.29 is 19.1 Å². The van der Waals surface area contributed by atoms with E-state index in [1.807, 2.05) is 0 Å². The van der Waals surface area contributed by atoms with Crippen LogP contribution >= 0.6 is 0 Å². The molecule has 0 saturated carbocycles. The zero-order valence-electron chi connectivity index (χ0n) is 14.9. The summed E-state index contributed by atoms with van der Waals surface area (Å²) in [6.45, 7) is 4.88. The molecule has 4 rings (SSSR count). The first-order chi connectivity index (χ1) is 12.5. The average Bonchev–Trinajstić information content (AvgIpc) is 3.26. The number of amides is 2. The normalized spacial score (nSPS) is 30.5. The van der Waals surface area contributed by atoms with Gasteiger partial charge in [-0.1, -0.05) is 12.1 Å². The lowest BCUT2D eigenvalue weighted by Gasteiger charge is -2.37. The molecule has 0 radical (unpaired) electrons. The highest BCUT2D eigenvalue weighted by atomic mass is 16.5. The highest BCUT2D eigenvalue weighted by Gasteiger charge is 2.38. The molecule has 3 aliphatic heterocycles. The molecular formula is C17H25N5O4. The Hall–Kier alpha value is -2.00. The summed E-state index contributed by atoms with van der Waals surface area (Å²) in [6.07, 6.45) is 4.51. The molecule has 2 amide bonds. The highest BCUT2D eigenvalue weighted by Crippen LogP contribution is 2.28. The Balaban J connectivity index is 1.39. The monoisotopic (exact) mass is 363 g/mol. The van der Waals surface area contributed by atoms with Gasteiger partial charge in [-0.25, -0.2) is 0 Å². The summed E-state index contributed by atoms with van der Waals surface area (Å²) in [6, 6.07) is -0.352. The fourth-order valence-corrected chi connectivity index (χ4v) is 3.88. The predicted octanol–water partition coefficient (Wildman–Crippen LogP) is -0.129. The molecule has 0 bridgehead atoms. The molecule has 0 aliphatic carbocycles. The van der Waals surface area contributed by atoms with E-state index in [0.29, 0.717) is 39.2 Å². The van der Waals surface area contributed by atoms with Crippen LogP contribution in [0.5, 0.6) is 0 Å². The maximum absolute atomic E-state index is 12.6. The van der Waals surface area contributed by atoms with Gasteiger partial charge >= 0.3 is 0 Å². The molecule has 0 spiro atoms. The van der Waals surface area contributed by atoms with E-state index in [1.165, 1.54) is 0 Å². The molecule has 1 aromatic rings. The van der Waals surface area contributed by atoms with Crippen LogP contribution in [-0.4, -0.2) is 64.8 Å². The number of carbonyl (C=O) groups is 2. The van der Waals surface area contributed by atoms with Gasteiger partial charge in [0.15, 0.2) is 5.69 Å². The fraction of sp³-hybridized carbons (Fsp3) is 0.765. The second-order valence-corrected chi connectivity index (χ2v) is 7.87. The van der Waals surface area contributed by atoms with Gasteiger partial charge in [-0.15, -0.1) is 5.10 Å². The number of hydrogen-bond donors (Lipinski definition) is 2. The first-order valence-electron chi connectivity index (χ1n) is 9.22. The lowest BCUT2D eigenvalue weighted by Crippen LogP contribution is -2.60. The summed E-state index contributed by atoms with van der Waals surface area (Å²) in [7, 11) is 0. The Morgan fingerprint density at radius 1 is 1.46 bits per heavy atom. The van der Waals surface area contributed by atoms with E-state index in [9.17, 15) is 9.59 Å². The maximum Gasteiger partial charge on any atom is 0.273 e. The molecule has 9 heteroatoms. The van der Waals surface area contributed by atoms with Crippen molar-refractivity contribution in [1.29, 1.82) is 0 Å². The minimum atomic E-state index is -0.268. The predicted molar refractivity (Wildman–Crippen MR) is 90.3 cm³/mol. The quantitative estimate of drug-likeness (QED) is 0.755. The molecule has 3 atom stereocenters. The number of carbonyl (C=O) groups excluding carboxylic acids is 2. The molecule has 9 nitrogen and oxygen atoms in total. The summed E-state index contributed by atoms with van der Waals surface area (Å²) in [5.41, 5.74) is 0.344. The Kier molecular flexibility index (Phi) is 4.66. The van der Waals surface area contributed by atoms with Gasteiger partial charge in [0.25, 0.3) is 5.91 Å². The van der Waals surface area contributed by atoms with Crippen molar-refractivity contribution >= 4 is 11.8 Å². The first kappa shape index (κ1) is 17.4. The average molecular weight is 363 g/mol. The van der Waals surface area contributed by atoms with Gasteiger partial charge in [0.05, 0.1) is 44.1 Å². The smallest absolute Gasteiger partial charge is 0.273 e. The summed E-state index contributed by atoms with van der Waals surface area (Å²) in [5.74, 6) is -0.256. The molecule has 4 heterocycles. The zero-order valence-corrected chi connectivity index (χ0v) is 14.9. The third-order valence-corrected chi connectivity index (χ3v) is 5.34. The van der Waals surface area contributed by atoms with Gasteiger partial charge in [-0.2, -0.15) is 0 Å². The number of piperidine rings is 1. The van der Waals surface area contributed by atoms with E-state index in [1.54, 1.807) is 10.9 Å². The van der Waals surface area contributed by atoms with Gasteiger partial charge in [0, 0.05) is 18.4 Å². The van der Waals surface area contributed by atoms with E-state index < -0.39 is 0 Å². The van der Waals surface area contributed by atoms with Gasteiger partial charge in [0.2, 0.25) is 5.91 Å². The molecular weight excluding hydrogens is 338 g/mol. The van der Waals surface area contributed by atoms with Crippen molar-refractivity contribution in [3.8, 4) is 0 Å². The highest BCUT2D eigenvalue weighted by molar-refractivity contribution is 5.92. The van der Waals surface area contributed by atoms with Crippen LogP contribution in [0.3, 0.4) is 0 Å². The van der Waals surface area contributed by atoms with Gasteiger partial charge in [-0.3, -0.25) is 14.3 Å². The third-order valence-electron chi connectivity index (χ3n) is 5.34. The van der Waals surface area contributed by atoms with Crippen molar-refractivity contribution in [3.63, 3.8) is 0 Å². The van der Waals surface area contributed by atoms with Crippen LogP contribution in [-0.2, 0) is 20.8 Å². The van der Waals surface area contributed by atoms with Crippen molar-refractivity contribution in [1.82, 2.24) is 25.6 Å². The largest absolute Gasteiger partial charge is 0.380 e. The molecule has 26 heavy (non-hydrogen) atoms. The van der Waals surface area contributed by atoms with Gasteiger partial charge in [0.1, 0.15) is 0 Å². The number of nitrogens with zero attached hydrogens (tertiary/aromatic N) is 3. The second kappa shape index (κ2) is 6.96. The molecule has 3 saturated heterocycles. The Morgan fingerprint density at radius 2 is 2.31 bits per heavy atom. The topological polar surface area (TPSA) is 107 Å². The minimum Gasteiger partial charge on any atom is -0.380 e. The van der Waals surface area contributed by atoms with Crippen LogP contribution in [0.1, 0.15) is 43.1 Å². The summed E-state index contributed by atoms with van der Waals surface area (Å²) >= 11 is 0. The van der Waals surface area contributed by atoms with Crippen LogP contribution in [0.4, 0.5) is 0 Å². The van der Waals surface area contributed by atoms with Gasteiger partial charge < -0.3 is 20.1 Å². The molecule has 3 aliphatic rings. The molecule has 3 fully saturated rings. The molecule has 142 valence electrons. The lowest BCUT2D eigenvalue weighted by atomic mass is 9.89. The molecule has 1 aromatic heterocycles. The Bertz CT molecular complexity index is 680. The summed E-state index contributed by atoms with van der Waals surface area (Å²) in [4.78, 5) is 24.4. The molecule has 2 N–H and O–H groups in total. The lowest BCUT2D eigenvalue weighted by molar-refractivity contribution is -0.125. The summed E-state index contributed by atoms with van der Waals surface area (Å²) < 4.78 is 12.7. The van der Waals surface area contributed by atoms with Gasteiger partial charge in [-0.05, 0) is 19.3 Å². The number of rotatable bonds is 5. The standard InChI is InChI=1S/C17H25N5O4/c1-17(9-25-10-17)8-22-7-12(20-21-22)16(24)18-11-4-5-14(23)19-15(11)13-3-2-6-26-13/h7,11,13,15H,2-6,8-10H2,1H3,(H,18,24)(H,19,23). The van der Waals surface area contributed by atoms with E-state index in [0.717, 1.165) is 12.8 Å². The number of hydrogen-bond acceptors (Lipinski definition) is 6. The third kappa shape index (κ3) is 3.59. The first-order valence-corrected chi connectivity index (χ1v) is 9.22. The SMILES string of the molecule is CC1(Cn2cc(C(=O)NC3CCC(=O)NC3C3CCCO3)nn2)COC1. The number of aromatic nitrogens is 3. The summed E-state index contributed by atoms with van der Waals surface area (Å²) in [5, 5.41) is 14.1. The van der Waals surface area contributed by atoms with Crippen LogP contribution in [0.2, 0.25) is 0 Å². The second-order valence-electron chi connectivity index (χ2n) is 7.87. The fourth-order valence-electron chi connectivity index (χ4n) is 3.88. The van der Waals surface area contributed by atoms with E-state index >= 15 is 0 Å². The maximum atomic E-state index is 12.6. The minimum absolute atomic E-state index is 0.0119. The molecule has 3 unspecified atom stereocenters. The van der Waals surface area contributed by atoms with Crippen molar-refractivity contribution in [2.45, 2.75) is 57.3 Å². The van der Waals surface area contributed by atoms with Crippen LogP contribution < -0.4 is 10.6 Å². The van der Waals surface area contributed by atoms with E-state index in [4.69, 9.17) is 9.47 Å². The van der Waals surface area contributed by atoms with Crippen LogP contribution in [0.15, 0.2) is 6.20 Å². The van der Waals surface area contributed by atoms with Crippen molar-refractivity contribution in [3.05, 3.63) is 11.9 Å². The number of nitrogens with one attached hydrogen (secondary N) is 2. The number of ether oxygens (including phenoxy) is 2. The van der Waals surface area contributed by atoms with Crippen LogP contribution in [0, 0.1) is 5.41 Å². The van der Waals surface area contributed by atoms with Crippen LogP contribution in [0.25, 0.3) is 0 Å². The molecule has 0 aromatic carbocycles. The van der Waals surface area contributed by atoms with E-state index in [-0.39, 0.29) is 41.1 Å². The van der Waals surface area contributed by atoms with E-state index in [2.05, 4.69) is 27.9 Å².